The van der Waals surface area contributed by atoms with E-state index in [0.29, 0.717) is 5.69 Å². The number of hydrogen-bond acceptors (Lipinski definition) is 3. The Morgan fingerprint density at radius 2 is 1.89 bits per heavy atom. The Labute approximate surface area is 107 Å². The van der Waals surface area contributed by atoms with Crippen molar-refractivity contribution in [2.75, 3.05) is 5.73 Å². The molecule has 0 fully saturated rings. The molecule has 0 aliphatic heterocycles. The Bertz CT molecular complexity index is 511. The highest BCUT2D eigenvalue weighted by Gasteiger charge is 2.10. The van der Waals surface area contributed by atoms with E-state index < -0.39 is 0 Å². The minimum atomic E-state index is 0.0497. The van der Waals surface area contributed by atoms with E-state index in [9.17, 15) is 5.11 Å². The maximum absolute atomic E-state index is 9.81. The Balaban J connectivity index is 2.03. The molecule has 0 aromatic heterocycles. The Kier molecular flexibility index (Phi) is 3.85. The lowest BCUT2D eigenvalue weighted by Gasteiger charge is -2.16. The van der Waals surface area contributed by atoms with Crippen molar-refractivity contribution < 1.29 is 5.11 Å². The maximum Gasteiger partial charge on any atom is 0.120 e. The van der Waals surface area contributed by atoms with Gasteiger partial charge < -0.3 is 16.2 Å². The molecule has 0 aliphatic rings. The second-order valence-electron chi connectivity index (χ2n) is 4.41. The number of nitrogens with two attached hydrogens (primary N) is 1. The van der Waals surface area contributed by atoms with Crippen LogP contribution in [0.5, 0.6) is 5.75 Å². The van der Waals surface area contributed by atoms with Gasteiger partial charge in [0.05, 0.1) is 0 Å². The van der Waals surface area contributed by atoms with E-state index in [4.69, 9.17) is 5.73 Å². The van der Waals surface area contributed by atoms with Crippen LogP contribution in [0.15, 0.2) is 48.5 Å². The summed E-state index contributed by atoms with van der Waals surface area (Å²) in [5, 5.41) is 13.2. The molecule has 0 heterocycles. The van der Waals surface area contributed by atoms with Gasteiger partial charge in [0.2, 0.25) is 0 Å². The number of aromatic hydroxyl groups is 1. The van der Waals surface area contributed by atoms with E-state index >= 15 is 0 Å². The van der Waals surface area contributed by atoms with Crippen molar-refractivity contribution in [3.8, 4) is 5.75 Å². The van der Waals surface area contributed by atoms with Gasteiger partial charge in [-0.3, -0.25) is 0 Å². The van der Waals surface area contributed by atoms with Crippen molar-refractivity contribution in [3.05, 3.63) is 59.7 Å². The molecule has 0 spiro atoms. The average Bonchev–Trinajstić information content (AvgIpc) is 2.40. The molecular weight excluding hydrogens is 224 g/mol. The summed E-state index contributed by atoms with van der Waals surface area (Å²) in [6, 6.07) is 15.3. The molecule has 1 unspecified atom stereocenters. The molecule has 0 aliphatic carbocycles. The number of nitrogens with one attached hydrogen (secondary N) is 1. The first kappa shape index (κ1) is 12.5. The van der Waals surface area contributed by atoms with Gasteiger partial charge in [0, 0.05) is 23.8 Å². The van der Waals surface area contributed by atoms with Crippen LogP contribution in [0.4, 0.5) is 5.69 Å². The monoisotopic (exact) mass is 242 g/mol. The van der Waals surface area contributed by atoms with Gasteiger partial charge in [0.1, 0.15) is 5.75 Å². The molecule has 0 saturated carbocycles. The lowest BCUT2D eigenvalue weighted by Crippen LogP contribution is -2.18. The third-order valence-electron chi connectivity index (χ3n) is 2.97. The fourth-order valence-electron chi connectivity index (χ4n) is 1.90. The van der Waals surface area contributed by atoms with Gasteiger partial charge in [-0.15, -0.1) is 0 Å². The van der Waals surface area contributed by atoms with Gasteiger partial charge in [-0.1, -0.05) is 30.3 Å². The van der Waals surface area contributed by atoms with Crippen molar-refractivity contribution in [3.63, 3.8) is 0 Å². The second-order valence-corrected chi connectivity index (χ2v) is 4.41. The van der Waals surface area contributed by atoms with Crippen molar-refractivity contribution in [2.45, 2.75) is 19.5 Å². The van der Waals surface area contributed by atoms with Crippen molar-refractivity contribution in [2.24, 2.45) is 0 Å². The lowest BCUT2D eigenvalue weighted by atomic mass is 10.1. The fraction of sp³-hybridized carbons (Fsp3) is 0.200. The number of hydrogen-bond donors (Lipinski definition) is 3. The van der Waals surface area contributed by atoms with Gasteiger partial charge in [0.15, 0.2) is 0 Å². The zero-order chi connectivity index (χ0) is 13.0. The summed E-state index contributed by atoms with van der Waals surface area (Å²) in [6.45, 7) is 2.77. The summed E-state index contributed by atoms with van der Waals surface area (Å²) in [5.41, 5.74) is 8.44. The molecule has 2 aromatic rings. The molecule has 3 nitrogen and oxygen atoms in total. The smallest absolute Gasteiger partial charge is 0.120 e. The highest BCUT2D eigenvalue weighted by molar-refractivity contribution is 5.48. The van der Waals surface area contributed by atoms with Gasteiger partial charge in [-0.05, 0) is 30.7 Å². The zero-order valence-electron chi connectivity index (χ0n) is 10.4. The molecule has 0 amide bonds. The largest absolute Gasteiger partial charge is 0.508 e. The zero-order valence-corrected chi connectivity index (χ0v) is 10.4. The average molecular weight is 242 g/mol. The molecule has 1 atom stereocenters. The van der Waals surface area contributed by atoms with Gasteiger partial charge >= 0.3 is 0 Å². The number of phenolic OH excluding ortho intramolecular Hbond substituents is 1. The topological polar surface area (TPSA) is 58.3 Å². The van der Waals surface area contributed by atoms with Crippen LogP contribution in [0.3, 0.4) is 0 Å². The highest BCUT2D eigenvalue weighted by Crippen LogP contribution is 2.26. The molecule has 0 saturated heterocycles. The van der Waals surface area contributed by atoms with Crippen LogP contribution in [-0.4, -0.2) is 5.11 Å². The van der Waals surface area contributed by atoms with Crippen molar-refractivity contribution >= 4 is 5.69 Å². The van der Waals surface area contributed by atoms with Gasteiger partial charge in [-0.2, -0.15) is 0 Å². The standard InChI is InChI=1S/C15H18N2O/c1-11(14-9-13(16)7-8-15(14)18)17-10-12-5-3-2-4-6-12/h2-9,11,17-18H,10,16H2,1H3. The molecule has 3 heteroatoms. The molecule has 94 valence electrons. The molecule has 2 rings (SSSR count). The van der Waals surface area contributed by atoms with E-state index in [-0.39, 0.29) is 11.8 Å². The maximum atomic E-state index is 9.81. The van der Waals surface area contributed by atoms with Crippen molar-refractivity contribution in [1.29, 1.82) is 0 Å². The Morgan fingerprint density at radius 3 is 2.61 bits per heavy atom. The highest BCUT2D eigenvalue weighted by atomic mass is 16.3. The van der Waals surface area contributed by atoms with Gasteiger partial charge in [0.25, 0.3) is 0 Å². The normalized spacial score (nSPS) is 12.3. The van der Waals surface area contributed by atoms with Gasteiger partial charge in [-0.25, -0.2) is 0 Å². The first-order valence-corrected chi connectivity index (χ1v) is 6.02. The summed E-state index contributed by atoms with van der Waals surface area (Å²) < 4.78 is 0. The summed E-state index contributed by atoms with van der Waals surface area (Å²) in [7, 11) is 0. The molecule has 4 N–H and O–H groups in total. The minimum absolute atomic E-state index is 0.0497. The Morgan fingerprint density at radius 1 is 1.17 bits per heavy atom. The van der Waals surface area contributed by atoms with Crippen LogP contribution in [-0.2, 0) is 6.54 Å². The molecular formula is C15H18N2O. The third-order valence-corrected chi connectivity index (χ3v) is 2.97. The van der Waals surface area contributed by atoms with Crippen LogP contribution in [0, 0.1) is 0 Å². The minimum Gasteiger partial charge on any atom is -0.508 e. The van der Waals surface area contributed by atoms with E-state index in [1.807, 2.05) is 25.1 Å². The first-order chi connectivity index (χ1) is 8.66. The Hall–Kier alpha value is -2.00. The molecule has 0 radical (unpaired) electrons. The van der Waals surface area contributed by atoms with Crippen LogP contribution in [0.2, 0.25) is 0 Å². The van der Waals surface area contributed by atoms with Crippen LogP contribution in [0.1, 0.15) is 24.1 Å². The van der Waals surface area contributed by atoms with E-state index in [1.165, 1.54) is 5.56 Å². The van der Waals surface area contributed by atoms with E-state index in [2.05, 4.69) is 17.4 Å². The lowest BCUT2D eigenvalue weighted by molar-refractivity contribution is 0.452. The number of rotatable bonds is 4. The third kappa shape index (κ3) is 3.02. The predicted octanol–water partition coefficient (Wildman–Crippen LogP) is 2.83. The van der Waals surface area contributed by atoms with Crippen molar-refractivity contribution in [1.82, 2.24) is 5.32 Å². The van der Waals surface area contributed by atoms with Crippen LogP contribution < -0.4 is 11.1 Å². The second kappa shape index (κ2) is 5.56. The van der Waals surface area contributed by atoms with E-state index in [0.717, 1.165) is 12.1 Å². The summed E-state index contributed by atoms with van der Waals surface area (Å²) in [6.07, 6.45) is 0. The van der Waals surface area contributed by atoms with Crippen LogP contribution in [0.25, 0.3) is 0 Å². The number of benzene rings is 2. The molecule has 2 aromatic carbocycles. The quantitative estimate of drug-likeness (QED) is 0.571. The number of nitrogen functional groups attached to an aromatic ring is 1. The van der Waals surface area contributed by atoms with E-state index in [1.54, 1.807) is 18.2 Å². The first-order valence-electron chi connectivity index (χ1n) is 6.02. The SMILES string of the molecule is CC(NCc1ccccc1)c1cc(N)ccc1O. The summed E-state index contributed by atoms with van der Waals surface area (Å²) in [4.78, 5) is 0. The predicted molar refractivity (Wildman–Crippen MR) is 74.2 cm³/mol. The van der Waals surface area contributed by atoms with Crippen LogP contribution >= 0.6 is 0 Å². The number of phenols is 1. The molecule has 18 heavy (non-hydrogen) atoms. The molecule has 0 bridgehead atoms. The number of anilines is 1. The summed E-state index contributed by atoms with van der Waals surface area (Å²) >= 11 is 0. The fourth-order valence-corrected chi connectivity index (χ4v) is 1.90. The summed E-state index contributed by atoms with van der Waals surface area (Å²) in [5.74, 6) is 0.275.